The molecule has 0 amide bonds. The Hall–Kier alpha value is -1.44. The van der Waals surface area contributed by atoms with Gasteiger partial charge in [-0.3, -0.25) is 9.35 Å². The highest BCUT2D eigenvalue weighted by molar-refractivity contribution is 7.85. The van der Waals surface area contributed by atoms with E-state index in [0.29, 0.717) is 6.42 Å². The summed E-state index contributed by atoms with van der Waals surface area (Å²) in [6.45, 7) is 3.40. The first-order chi connectivity index (χ1) is 8.57. The fraction of sp³-hybridized carbons (Fsp3) is 0.750. The third-order valence-corrected chi connectivity index (χ3v) is 5.92. The standard InChI is InChI=1S/C12H14N2O4S/c1-10(2)8-3-4-12(10,7-19(16,17)18)9(15)11(8,5-13)6-14/h8H,3-4,7H2,1-2H3,(H,16,17,18). The van der Waals surface area contributed by atoms with Gasteiger partial charge >= 0.3 is 0 Å². The Morgan fingerprint density at radius 3 is 2.26 bits per heavy atom. The number of hydrogen-bond acceptors (Lipinski definition) is 5. The number of nitriles is 2. The molecule has 0 radical (unpaired) electrons. The molecule has 2 aliphatic carbocycles. The van der Waals surface area contributed by atoms with E-state index in [1.54, 1.807) is 26.0 Å². The van der Waals surface area contributed by atoms with Crippen LogP contribution in [0.15, 0.2) is 0 Å². The molecule has 0 aromatic carbocycles. The number of nitrogens with zero attached hydrogens (tertiary/aromatic N) is 2. The molecule has 2 unspecified atom stereocenters. The third kappa shape index (κ3) is 1.43. The van der Waals surface area contributed by atoms with Gasteiger partial charge < -0.3 is 0 Å². The van der Waals surface area contributed by atoms with Crippen LogP contribution >= 0.6 is 0 Å². The van der Waals surface area contributed by atoms with E-state index in [1.807, 2.05) is 0 Å². The number of fused-ring (bicyclic) bond motifs is 2. The van der Waals surface area contributed by atoms with Crippen LogP contribution in [-0.2, 0) is 14.9 Å². The fourth-order valence-electron chi connectivity index (χ4n) is 4.02. The van der Waals surface area contributed by atoms with Crippen LogP contribution in [0.2, 0.25) is 0 Å². The van der Waals surface area contributed by atoms with Crippen LogP contribution in [0.5, 0.6) is 0 Å². The molecular formula is C12H14N2O4S. The highest BCUT2D eigenvalue weighted by atomic mass is 32.2. The van der Waals surface area contributed by atoms with Crippen molar-refractivity contribution in [1.82, 2.24) is 0 Å². The van der Waals surface area contributed by atoms with Gasteiger partial charge in [-0.05, 0) is 18.3 Å². The molecule has 6 nitrogen and oxygen atoms in total. The monoisotopic (exact) mass is 282 g/mol. The van der Waals surface area contributed by atoms with Gasteiger partial charge in [0.2, 0.25) is 5.41 Å². The Morgan fingerprint density at radius 2 is 1.89 bits per heavy atom. The second-order valence-corrected chi connectivity index (χ2v) is 7.43. The van der Waals surface area contributed by atoms with Crippen LogP contribution in [0.3, 0.4) is 0 Å². The average molecular weight is 282 g/mol. The van der Waals surface area contributed by atoms with Crippen molar-refractivity contribution in [2.45, 2.75) is 26.7 Å². The zero-order chi connectivity index (χ0) is 14.7. The highest BCUT2D eigenvalue weighted by Gasteiger charge is 2.76. The van der Waals surface area contributed by atoms with Crippen LogP contribution in [-0.4, -0.2) is 24.5 Å². The largest absolute Gasteiger partial charge is 0.296 e. The lowest BCUT2D eigenvalue weighted by Gasteiger charge is -2.34. The second-order valence-electron chi connectivity index (χ2n) is 5.98. The van der Waals surface area contributed by atoms with Crippen molar-refractivity contribution >= 4 is 15.9 Å². The first kappa shape index (κ1) is 14.0. The highest BCUT2D eigenvalue weighted by Crippen LogP contribution is 2.70. The van der Waals surface area contributed by atoms with E-state index in [9.17, 15) is 23.7 Å². The van der Waals surface area contributed by atoms with Crippen LogP contribution in [0, 0.1) is 44.8 Å². The van der Waals surface area contributed by atoms with Gasteiger partial charge in [-0.15, -0.1) is 0 Å². The topological polar surface area (TPSA) is 119 Å². The minimum Gasteiger partial charge on any atom is -0.296 e. The van der Waals surface area contributed by atoms with Crippen LogP contribution in [0.4, 0.5) is 0 Å². The summed E-state index contributed by atoms with van der Waals surface area (Å²) in [5.74, 6) is -1.86. The van der Waals surface area contributed by atoms with E-state index < -0.39 is 43.8 Å². The predicted octanol–water partition coefficient (Wildman–Crippen LogP) is 0.913. The molecule has 0 heterocycles. The summed E-state index contributed by atoms with van der Waals surface area (Å²) in [6.07, 6.45) is 0.726. The summed E-state index contributed by atoms with van der Waals surface area (Å²) in [6, 6.07) is 3.57. The van der Waals surface area contributed by atoms with E-state index in [1.165, 1.54) is 0 Å². The minimum absolute atomic E-state index is 0.286. The molecule has 0 saturated heterocycles. The minimum atomic E-state index is -4.36. The molecule has 102 valence electrons. The van der Waals surface area contributed by atoms with Gasteiger partial charge in [0.15, 0.2) is 5.78 Å². The Balaban J connectivity index is 2.68. The summed E-state index contributed by atoms with van der Waals surface area (Å²) in [5, 5.41) is 18.5. The van der Waals surface area contributed by atoms with Gasteiger partial charge in [0, 0.05) is 5.92 Å². The summed E-state index contributed by atoms with van der Waals surface area (Å²) in [5.41, 5.74) is -3.92. The number of rotatable bonds is 2. The summed E-state index contributed by atoms with van der Waals surface area (Å²) < 4.78 is 31.6. The van der Waals surface area contributed by atoms with Crippen LogP contribution in [0.25, 0.3) is 0 Å². The van der Waals surface area contributed by atoms with E-state index >= 15 is 0 Å². The van der Waals surface area contributed by atoms with E-state index in [-0.39, 0.29) is 6.42 Å². The molecule has 2 bridgehead atoms. The number of carbonyl (C=O) groups is 1. The van der Waals surface area contributed by atoms with Crippen molar-refractivity contribution in [3.05, 3.63) is 0 Å². The van der Waals surface area contributed by atoms with Crippen molar-refractivity contribution in [2.75, 3.05) is 5.75 Å². The van der Waals surface area contributed by atoms with Gasteiger partial charge in [-0.1, -0.05) is 13.8 Å². The molecule has 7 heteroatoms. The third-order valence-electron chi connectivity index (χ3n) is 5.06. The Morgan fingerprint density at radius 1 is 1.37 bits per heavy atom. The molecule has 2 saturated carbocycles. The molecule has 19 heavy (non-hydrogen) atoms. The zero-order valence-electron chi connectivity index (χ0n) is 10.7. The van der Waals surface area contributed by atoms with Crippen molar-refractivity contribution in [2.24, 2.45) is 22.2 Å². The summed E-state index contributed by atoms with van der Waals surface area (Å²) in [4.78, 5) is 12.5. The van der Waals surface area contributed by atoms with Crippen LogP contribution < -0.4 is 0 Å². The fourth-order valence-corrected chi connectivity index (χ4v) is 5.29. The van der Waals surface area contributed by atoms with Crippen molar-refractivity contribution < 1.29 is 17.8 Å². The maximum absolute atomic E-state index is 12.5. The molecule has 0 aromatic heterocycles. The lowest BCUT2D eigenvalue weighted by Crippen LogP contribution is -2.45. The van der Waals surface area contributed by atoms with Crippen molar-refractivity contribution in [3.63, 3.8) is 0 Å². The lowest BCUT2D eigenvalue weighted by molar-refractivity contribution is -0.132. The maximum atomic E-state index is 12.5. The number of hydrogen-bond donors (Lipinski definition) is 1. The SMILES string of the molecule is CC1(C)C2CCC1(CS(=O)(=O)O)C(=O)C2(C#N)C#N. The smallest absolute Gasteiger partial charge is 0.265 e. The molecule has 2 fully saturated rings. The average Bonchev–Trinajstić information content (AvgIpc) is 2.59. The van der Waals surface area contributed by atoms with Gasteiger partial charge in [-0.25, -0.2) is 0 Å². The Labute approximate surface area is 111 Å². The van der Waals surface area contributed by atoms with E-state index in [0.717, 1.165) is 0 Å². The quantitative estimate of drug-likeness (QED) is 0.752. The van der Waals surface area contributed by atoms with Gasteiger partial charge in [0.1, 0.15) is 0 Å². The molecule has 2 rings (SSSR count). The predicted molar refractivity (Wildman–Crippen MR) is 64.0 cm³/mol. The number of Topliss-reactive ketones (excluding diaryl/α,β-unsaturated/α-hetero) is 1. The normalized spacial score (nSPS) is 34.8. The first-order valence-electron chi connectivity index (χ1n) is 5.90. The molecular weight excluding hydrogens is 268 g/mol. The zero-order valence-corrected chi connectivity index (χ0v) is 11.5. The van der Waals surface area contributed by atoms with Gasteiger partial charge in [0.05, 0.1) is 23.3 Å². The number of ketones is 1. The first-order valence-corrected chi connectivity index (χ1v) is 7.51. The van der Waals surface area contributed by atoms with Gasteiger partial charge in [0.25, 0.3) is 10.1 Å². The second kappa shape index (κ2) is 3.56. The summed E-state index contributed by atoms with van der Waals surface area (Å²) in [7, 11) is -4.36. The molecule has 0 aromatic rings. The van der Waals surface area contributed by atoms with Gasteiger partial charge in [-0.2, -0.15) is 18.9 Å². The van der Waals surface area contributed by atoms with E-state index in [2.05, 4.69) is 0 Å². The van der Waals surface area contributed by atoms with Crippen molar-refractivity contribution in [1.29, 1.82) is 10.5 Å². The number of carbonyl (C=O) groups excluding carboxylic acids is 1. The molecule has 2 atom stereocenters. The van der Waals surface area contributed by atoms with Crippen LogP contribution in [0.1, 0.15) is 26.7 Å². The maximum Gasteiger partial charge on any atom is 0.265 e. The molecule has 0 aliphatic heterocycles. The van der Waals surface area contributed by atoms with Crippen molar-refractivity contribution in [3.8, 4) is 12.1 Å². The summed E-state index contributed by atoms with van der Waals surface area (Å²) >= 11 is 0. The Bertz CT molecular complexity index is 624. The Kier molecular flexibility index (Phi) is 2.62. The lowest BCUT2D eigenvalue weighted by atomic mass is 9.70. The van der Waals surface area contributed by atoms with E-state index in [4.69, 9.17) is 4.55 Å². The molecule has 2 aliphatic rings. The molecule has 1 N–H and O–H groups in total. The molecule has 0 spiro atoms.